The SMILES string of the molecule is CCCNCc1cccc(OCC(=O)NC(C)C(C)C)c1. The van der Waals surface area contributed by atoms with Crippen LogP contribution in [0.15, 0.2) is 24.3 Å². The maximum atomic E-state index is 11.8. The summed E-state index contributed by atoms with van der Waals surface area (Å²) in [6.45, 7) is 10.2. The first-order valence-corrected chi connectivity index (χ1v) is 7.74. The molecule has 0 aliphatic carbocycles. The molecule has 1 amide bonds. The minimum atomic E-state index is -0.0780. The van der Waals surface area contributed by atoms with Crippen molar-refractivity contribution in [2.75, 3.05) is 13.2 Å². The minimum absolute atomic E-state index is 0.0584. The average molecular weight is 292 g/mol. The monoisotopic (exact) mass is 292 g/mol. The van der Waals surface area contributed by atoms with Crippen LogP contribution in [0, 0.1) is 5.92 Å². The normalized spacial score (nSPS) is 12.2. The third kappa shape index (κ3) is 7.14. The number of rotatable bonds is 9. The Morgan fingerprint density at radius 2 is 2.05 bits per heavy atom. The number of amides is 1. The first kappa shape index (κ1) is 17.5. The summed E-state index contributed by atoms with van der Waals surface area (Å²) in [5, 5.41) is 6.28. The lowest BCUT2D eigenvalue weighted by Gasteiger charge is -2.17. The smallest absolute Gasteiger partial charge is 0.258 e. The highest BCUT2D eigenvalue weighted by Gasteiger charge is 2.11. The van der Waals surface area contributed by atoms with E-state index in [1.807, 2.05) is 25.1 Å². The molecule has 1 atom stereocenters. The predicted octanol–water partition coefficient (Wildman–Crippen LogP) is 2.73. The lowest BCUT2D eigenvalue weighted by molar-refractivity contribution is -0.124. The van der Waals surface area contributed by atoms with Crippen LogP contribution in [0.2, 0.25) is 0 Å². The second kappa shape index (κ2) is 9.40. The second-order valence-corrected chi connectivity index (χ2v) is 5.71. The Labute approximate surface area is 128 Å². The molecule has 0 aromatic heterocycles. The van der Waals surface area contributed by atoms with Crippen molar-refractivity contribution >= 4 is 5.91 Å². The average Bonchev–Trinajstić information content (AvgIpc) is 2.46. The van der Waals surface area contributed by atoms with Crippen LogP contribution in [0.3, 0.4) is 0 Å². The molecule has 0 spiro atoms. The van der Waals surface area contributed by atoms with E-state index in [1.165, 1.54) is 0 Å². The Hall–Kier alpha value is -1.55. The summed E-state index contributed by atoms with van der Waals surface area (Å²) in [6.07, 6.45) is 1.12. The van der Waals surface area contributed by atoms with Crippen molar-refractivity contribution in [1.29, 1.82) is 0 Å². The zero-order chi connectivity index (χ0) is 15.7. The zero-order valence-electron chi connectivity index (χ0n) is 13.6. The molecule has 2 N–H and O–H groups in total. The van der Waals surface area contributed by atoms with Gasteiger partial charge in [0.05, 0.1) is 0 Å². The fourth-order valence-corrected chi connectivity index (χ4v) is 1.77. The Kier molecular flexibility index (Phi) is 7.83. The maximum Gasteiger partial charge on any atom is 0.258 e. The summed E-state index contributed by atoms with van der Waals surface area (Å²) in [4.78, 5) is 11.8. The van der Waals surface area contributed by atoms with Gasteiger partial charge in [0.25, 0.3) is 5.91 Å². The van der Waals surface area contributed by atoms with Gasteiger partial charge >= 0.3 is 0 Å². The third-order valence-corrected chi connectivity index (χ3v) is 3.41. The number of benzene rings is 1. The second-order valence-electron chi connectivity index (χ2n) is 5.71. The van der Waals surface area contributed by atoms with Crippen LogP contribution in [0.25, 0.3) is 0 Å². The molecule has 0 fully saturated rings. The lowest BCUT2D eigenvalue weighted by Crippen LogP contribution is -2.38. The highest BCUT2D eigenvalue weighted by atomic mass is 16.5. The van der Waals surface area contributed by atoms with E-state index in [2.05, 4.69) is 37.5 Å². The van der Waals surface area contributed by atoms with Crippen molar-refractivity contribution in [3.63, 3.8) is 0 Å². The molecule has 1 rings (SSSR count). The van der Waals surface area contributed by atoms with Crippen LogP contribution in [0.5, 0.6) is 5.75 Å². The van der Waals surface area contributed by atoms with Gasteiger partial charge in [0, 0.05) is 12.6 Å². The molecule has 1 aromatic carbocycles. The number of carbonyl (C=O) groups excluding carboxylic acids is 1. The van der Waals surface area contributed by atoms with Gasteiger partial charge in [-0.2, -0.15) is 0 Å². The Bertz CT molecular complexity index is 433. The molecule has 0 radical (unpaired) electrons. The fourth-order valence-electron chi connectivity index (χ4n) is 1.77. The molecule has 1 unspecified atom stereocenters. The maximum absolute atomic E-state index is 11.8. The molecule has 0 bridgehead atoms. The predicted molar refractivity (Wildman–Crippen MR) is 86.4 cm³/mol. The fraction of sp³-hybridized carbons (Fsp3) is 0.588. The molecule has 0 saturated heterocycles. The van der Waals surface area contributed by atoms with Gasteiger partial charge in [0.1, 0.15) is 5.75 Å². The van der Waals surface area contributed by atoms with Gasteiger partial charge in [0.2, 0.25) is 0 Å². The van der Waals surface area contributed by atoms with E-state index in [-0.39, 0.29) is 18.6 Å². The van der Waals surface area contributed by atoms with Crippen LogP contribution < -0.4 is 15.4 Å². The van der Waals surface area contributed by atoms with E-state index in [1.54, 1.807) is 0 Å². The highest BCUT2D eigenvalue weighted by Crippen LogP contribution is 2.13. The van der Waals surface area contributed by atoms with Crippen LogP contribution in [0.4, 0.5) is 0 Å². The van der Waals surface area contributed by atoms with Crippen LogP contribution in [-0.2, 0) is 11.3 Å². The van der Waals surface area contributed by atoms with E-state index in [0.717, 1.165) is 30.8 Å². The molecule has 4 nitrogen and oxygen atoms in total. The van der Waals surface area contributed by atoms with Crippen molar-refractivity contribution in [2.45, 2.75) is 46.7 Å². The zero-order valence-corrected chi connectivity index (χ0v) is 13.6. The van der Waals surface area contributed by atoms with Crippen molar-refractivity contribution in [3.8, 4) is 5.75 Å². The van der Waals surface area contributed by atoms with Gasteiger partial charge in [-0.15, -0.1) is 0 Å². The molecule has 0 aliphatic rings. The number of hydrogen-bond acceptors (Lipinski definition) is 3. The minimum Gasteiger partial charge on any atom is -0.484 e. The van der Waals surface area contributed by atoms with E-state index in [0.29, 0.717) is 5.92 Å². The van der Waals surface area contributed by atoms with Gasteiger partial charge in [0.15, 0.2) is 6.61 Å². The molecule has 21 heavy (non-hydrogen) atoms. The number of ether oxygens (including phenoxy) is 1. The van der Waals surface area contributed by atoms with E-state index >= 15 is 0 Å². The van der Waals surface area contributed by atoms with Crippen molar-refractivity contribution < 1.29 is 9.53 Å². The van der Waals surface area contributed by atoms with Crippen LogP contribution >= 0.6 is 0 Å². The molecule has 0 aliphatic heterocycles. The molecular weight excluding hydrogens is 264 g/mol. The van der Waals surface area contributed by atoms with Crippen molar-refractivity contribution in [3.05, 3.63) is 29.8 Å². The van der Waals surface area contributed by atoms with Gasteiger partial charge in [-0.05, 0) is 43.5 Å². The number of carbonyl (C=O) groups is 1. The summed E-state index contributed by atoms with van der Waals surface area (Å²) >= 11 is 0. The Morgan fingerprint density at radius 1 is 1.29 bits per heavy atom. The molecule has 4 heteroatoms. The number of hydrogen-bond donors (Lipinski definition) is 2. The molecule has 118 valence electrons. The summed E-state index contributed by atoms with van der Waals surface area (Å²) in [6, 6.07) is 8.01. The number of nitrogens with one attached hydrogen (secondary N) is 2. The summed E-state index contributed by atoms with van der Waals surface area (Å²) in [5.74, 6) is 1.07. The standard InChI is InChI=1S/C17H28N2O2/c1-5-9-18-11-15-7-6-8-16(10-15)21-12-17(20)19-14(4)13(2)3/h6-8,10,13-14,18H,5,9,11-12H2,1-4H3,(H,19,20). The molecule has 1 aromatic rings. The van der Waals surface area contributed by atoms with E-state index in [4.69, 9.17) is 4.74 Å². The first-order chi connectivity index (χ1) is 10.0. The van der Waals surface area contributed by atoms with Crippen LogP contribution in [-0.4, -0.2) is 25.1 Å². The van der Waals surface area contributed by atoms with E-state index in [9.17, 15) is 4.79 Å². The van der Waals surface area contributed by atoms with Gasteiger partial charge < -0.3 is 15.4 Å². The Morgan fingerprint density at radius 3 is 2.71 bits per heavy atom. The Balaban J connectivity index is 2.40. The van der Waals surface area contributed by atoms with Crippen molar-refractivity contribution in [1.82, 2.24) is 10.6 Å². The summed E-state index contributed by atoms with van der Waals surface area (Å²) in [7, 11) is 0. The quantitative estimate of drug-likeness (QED) is 0.688. The topological polar surface area (TPSA) is 50.4 Å². The molecule has 0 saturated carbocycles. The first-order valence-electron chi connectivity index (χ1n) is 7.74. The van der Waals surface area contributed by atoms with E-state index < -0.39 is 0 Å². The summed E-state index contributed by atoms with van der Waals surface area (Å²) in [5.41, 5.74) is 1.16. The molecule has 0 heterocycles. The van der Waals surface area contributed by atoms with Crippen LogP contribution in [0.1, 0.15) is 39.7 Å². The lowest BCUT2D eigenvalue weighted by atomic mass is 10.1. The largest absolute Gasteiger partial charge is 0.484 e. The van der Waals surface area contributed by atoms with Gasteiger partial charge in [-0.25, -0.2) is 0 Å². The third-order valence-electron chi connectivity index (χ3n) is 3.41. The van der Waals surface area contributed by atoms with Gasteiger partial charge in [-0.3, -0.25) is 4.79 Å². The van der Waals surface area contributed by atoms with Crippen molar-refractivity contribution in [2.24, 2.45) is 5.92 Å². The molecular formula is C17H28N2O2. The van der Waals surface area contributed by atoms with Gasteiger partial charge in [-0.1, -0.05) is 32.9 Å². The summed E-state index contributed by atoms with van der Waals surface area (Å²) < 4.78 is 5.56. The highest BCUT2D eigenvalue weighted by molar-refractivity contribution is 5.77.